The lowest BCUT2D eigenvalue weighted by atomic mass is 10.0. The fraction of sp³-hybridized carbons (Fsp3) is 0.533. The lowest BCUT2D eigenvalue weighted by Crippen LogP contribution is -2.42. The van der Waals surface area contributed by atoms with Crippen molar-refractivity contribution in [1.29, 1.82) is 0 Å². The number of hydrogen-bond acceptors (Lipinski definition) is 3. The Morgan fingerprint density at radius 3 is 2.23 bits per heavy atom. The second-order valence-electron chi connectivity index (χ2n) is 5.41. The molecule has 1 aromatic carbocycles. The van der Waals surface area contributed by atoms with Gasteiger partial charge in [-0.3, -0.25) is 4.79 Å². The van der Waals surface area contributed by atoms with E-state index in [0.29, 0.717) is 12.3 Å². The van der Waals surface area contributed by atoms with Crippen LogP contribution in [-0.4, -0.2) is 18.6 Å². The van der Waals surface area contributed by atoms with Crippen LogP contribution in [0.2, 0.25) is 0 Å². The Labute approximate surface area is 135 Å². The molecular weight excluding hydrogens is 314 g/mol. The van der Waals surface area contributed by atoms with Crippen LogP contribution in [0.5, 0.6) is 5.75 Å². The smallest absolute Gasteiger partial charge is 0.387 e. The number of nitrogens with one attached hydrogen (secondary N) is 1. The van der Waals surface area contributed by atoms with E-state index in [1.807, 2.05) is 20.8 Å². The zero-order valence-corrected chi connectivity index (χ0v) is 13.7. The van der Waals surface area contributed by atoms with Gasteiger partial charge >= 0.3 is 6.61 Å². The van der Waals surface area contributed by atoms with Gasteiger partial charge in [-0.2, -0.15) is 8.78 Å². The van der Waals surface area contributed by atoms with E-state index in [9.17, 15) is 13.6 Å². The zero-order valence-electron chi connectivity index (χ0n) is 12.9. The molecule has 0 aliphatic carbocycles. The molecule has 1 amide bonds. The summed E-state index contributed by atoms with van der Waals surface area (Å²) in [5, 5.41) is 2.81. The normalized spacial score (nSPS) is 13.5. The topological polar surface area (TPSA) is 64.4 Å². The molecule has 4 nitrogen and oxygen atoms in total. The lowest BCUT2D eigenvalue weighted by molar-refractivity contribution is -0.123. The molecule has 0 spiro atoms. The molecule has 0 saturated heterocycles. The van der Waals surface area contributed by atoms with E-state index in [-0.39, 0.29) is 30.1 Å². The summed E-state index contributed by atoms with van der Waals surface area (Å²) in [6, 6.07) is 5.36. The van der Waals surface area contributed by atoms with E-state index in [0.717, 1.165) is 5.56 Å². The first-order valence-electron chi connectivity index (χ1n) is 6.90. The maximum atomic E-state index is 12.1. The van der Waals surface area contributed by atoms with Crippen molar-refractivity contribution in [3.8, 4) is 5.75 Å². The first-order chi connectivity index (χ1) is 9.79. The van der Waals surface area contributed by atoms with Crippen LogP contribution in [0.1, 0.15) is 38.8 Å². The van der Waals surface area contributed by atoms with Crippen molar-refractivity contribution in [2.24, 2.45) is 11.7 Å². The first kappa shape index (κ1) is 20.6. The van der Waals surface area contributed by atoms with Crippen molar-refractivity contribution < 1.29 is 18.3 Å². The molecule has 7 heteroatoms. The summed E-state index contributed by atoms with van der Waals surface area (Å²) in [7, 11) is 0. The number of carbonyl (C=O) groups excluding carboxylic acids is 1. The van der Waals surface area contributed by atoms with E-state index in [4.69, 9.17) is 5.73 Å². The Morgan fingerprint density at radius 1 is 1.23 bits per heavy atom. The number of halogens is 3. The van der Waals surface area contributed by atoms with Gasteiger partial charge in [0, 0.05) is 0 Å². The standard InChI is InChI=1S/C15H22F2N2O2.ClH/c1-9(2)8-13(18)14(20)19-10(3)11-4-6-12(7-5-11)21-15(16)17;/h4-7,9-10,13,15H,8,18H2,1-3H3,(H,19,20);1H/t10?,13-;/m0./s1. The van der Waals surface area contributed by atoms with Crippen LogP contribution in [0.25, 0.3) is 0 Å². The average molecular weight is 337 g/mol. The minimum atomic E-state index is -2.85. The van der Waals surface area contributed by atoms with Gasteiger partial charge in [0.15, 0.2) is 0 Å². The van der Waals surface area contributed by atoms with Crippen LogP contribution in [0.4, 0.5) is 8.78 Å². The summed E-state index contributed by atoms with van der Waals surface area (Å²) < 4.78 is 28.4. The largest absolute Gasteiger partial charge is 0.435 e. The Morgan fingerprint density at radius 2 is 1.77 bits per heavy atom. The van der Waals surface area contributed by atoms with E-state index in [2.05, 4.69) is 10.1 Å². The van der Waals surface area contributed by atoms with Crippen molar-refractivity contribution in [2.45, 2.75) is 45.9 Å². The Hall–Kier alpha value is -1.40. The SMILES string of the molecule is CC(C)C[C@H](N)C(=O)NC(C)c1ccc(OC(F)F)cc1.Cl. The number of hydrogen-bond donors (Lipinski definition) is 2. The lowest BCUT2D eigenvalue weighted by Gasteiger charge is -2.19. The second kappa shape index (κ2) is 9.58. The zero-order chi connectivity index (χ0) is 16.0. The van der Waals surface area contributed by atoms with Crippen molar-refractivity contribution in [2.75, 3.05) is 0 Å². The van der Waals surface area contributed by atoms with Crippen molar-refractivity contribution in [1.82, 2.24) is 5.32 Å². The van der Waals surface area contributed by atoms with Crippen molar-refractivity contribution in [3.63, 3.8) is 0 Å². The number of alkyl halides is 2. The summed E-state index contributed by atoms with van der Waals surface area (Å²) in [5.74, 6) is 0.208. The van der Waals surface area contributed by atoms with Crippen molar-refractivity contribution in [3.05, 3.63) is 29.8 Å². The van der Waals surface area contributed by atoms with Gasteiger partial charge in [0.2, 0.25) is 5.91 Å². The monoisotopic (exact) mass is 336 g/mol. The third kappa shape index (κ3) is 7.04. The third-order valence-electron chi connectivity index (χ3n) is 3.03. The van der Waals surface area contributed by atoms with E-state index in [1.54, 1.807) is 12.1 Å². The van der Waals surface area contributed by atoms with Crippen LogP contribution in [0.3, 0.4) is 0 Å². The van der Waals surface area contributed by atoms with Crippen LogP contribution >= 0.6 is 12.4 Å². The quantitative estimate of drug-likeness (QED) is 0.803. The number of nitrogens with two attached hydrogens (primary N) is 1. The molecular formula is C15H23ClF2N2O2. The highest BCUT2D eigenvalue weighted by Crippen LogP contribution is 2.19. The van der Waals surface area contributed by atoms with Gasteiger partial charge < -0.3 is 15.8 Å². The molecule has 2 atom stereocenters. The number of benzene rings is 1. The van der Waals surface area contributed by atoms with Crippen LogP contribution in [0.15, 0.2) is 24.3 Å². The molecule has 0 aliphatic rings. The number of rotatable bonds is 7. The summed E-state index contributed by atoms with van der Waals surface area (Å²) in [4.78, 5) is 11.9. The summed E-state index contributed by atoms with van der Waals surface area (Å²) in [6.45, 7) is 2.96. The summed E-state index contributed by atoms with van der Waals surface area (Å²) in [5.41, 5.74) is 6.60. The average Bonchev–Trinajstić information content (AvgIpc) is 2.37. The molecule has 0 bridgehead atoms. The maximum absolute atomic E-state index is 12.1. The van der Waals surface area contributed by atoms with Crippen LogP contribution in [0, 0.1) is 5.92 Å². The highest BCUT2D eigenvalue weighted by molar-refractivity contribution is 5.85. The molecule has 0 aliphatic heterocycles. The number of carbonyl (C=O) groups is 1. The highest BCUT2D eigenvalue weighted by Gasteiger charge is 2.17. The van der Waals surface area contributed by atoms with Crippen molar-refractivity contribution >= 4 is 18.3 Å². The molecule has 3 N–H and O–H groups in total. The van der Waals surface area contributed by atoms with Gasteiger partial charge in [-0.05, 0) is 37.0 Å². The van der Waals surface area contributed by atoms with E-state index < -0.39 is 12.7 Å². The van der Waals surface area contributed by atoms with Gasteiger partial charge in [0.1, 0.15) is 5.75 Å². The Bertz CT molecular complexity index is 455. The fourth-order valence-corrected chi connectivity index (χ4v) is 1.96. The summed E-state index contributed by atoms with van der Waals surface area (Å²) >= 11 is 0. The molecule has 0 saturated carbocycles. The molecule has 22 heavy (non-hydrogen) atoms. The maximum Gasteiger partial charge on any atom is 0.387 e. The van der Waals surface area contributed by atoms with Gasteiger partial charge in [-0.25, -0.2) is 0 Å². The molecule has 126 valence electrons. The third-order valence-corrected chi connectivity index (χ3v) is 3.03. The van der Waals surface area contributed by atoms with Gasteiger partial charge in [0.25, 0.3) is 0 Å². The predicted octanol–water partition coefficient (Wildman–Crippen LogP) is 3.26. The molecule has 0 aromatic heterocycles. The van der Waals surface area contributed by atoms with Gasteiger partial charge in [-0.15, -0.1) is 12.4 Å². The van der Waals surface area contributed by atoms with Gasteiger partial charge in [-0.1, -0.05) is 26.0 Å². The van der Waals surface area contributed by atoms with E-state index >= 15 is 0 Å². The number of ether oxygens (including phenoxy) is 1. The minimum absolute atomic E-state index is 0. The fourth-order valence-electron chi connectivity index (χ4n) is 1.96. The molecule has 0 heterocycles. The summed E-state index contributed by atoms with van der Waals surface area (Å²) in [6.07, 6.45) is 0.611. The Balaban J connectivity index is 0.00000441. The molecule has 1 rings (SSSR count). The first-order valence-corrected chi connectivity index (χ1v) is 6.90. The van der Waals surface area contributed by atoms with Gasteiger partial charge in [0.05, 0.1) is 12.1 Å². The van der Waals surface area contributed by atoms with E-state index in [1.165, 1.54) is 12.1 Å². The molecule has 1 aromatic rings. The Kier molecular flexibility index (Phi) is 8.97. The second-order valence-corrected chi connectivity index (χ2v) is 5.41. The number of amides is 1. The molecule has 0 fully saturated rings. The highest BCUT2D eigenvalue weighted by atomic mass is 35.5. The minimum Gasteiger partial charge on any atom is -0.435 e. The van der Waals surface area contributed by atoms with Crippen LogP contribution in [-0.2, 0) is 4.79 Å². The molecule has 0 radical (unpaired) electrons. The molecule has 1 unspecified atom stereocenters. The van der Waals surface area contributed by atoms with Crippen LogP contribution < -0.4 is 15.8 Å². The predicted molar refractivity (Wildman–Crippen MR) is 84.3 cm³/mol.